The molecular formula is C17H12ClNO2. The first kappa shape index (κ1) is 13.5. The maximum atomic E-state index is 10.7. The van der Waals surface area contributed by atoms with Crippen LogP contribution < -0.4 is 5.32 Å². The van der Waals surface area contributed by atoms with Crippen LogP contribution in [-0.4, -0.2) is 6.29 Å². The molecular weight excluding hydrogens is 286 g/mol. The minimum atomic E-state index is 0.311. The van der Waals surface area contributed by atoms with Crippen molar-refractivity contribution < 1.29 is 9.21 Å². The van der Waals surface area contributed by atoms with E-state index in [1.807, 2.05) is 48.5 Å². The van der Waals surface area contributed by atoms with Crippen LogP contribution in [0.1, 0.15) is 10.6 Å². The predicted molar refractivity (Wildman–Crippen MR) is 84.3 cm³/mol. The third-order valence-corrected chi connectivity index (χ3v) is 3.31. The number of hydrogen-bond acceptors (Lipinski definition) is 3. The van der Waals surface area contributed by atoms with E-state index in [2.05, 4.69) is 5.32 Å². The Morgan fingerprint density at radius 3 is 2.43 bits per heavy atom. The summed E-state index contributed by atoms with van der Waals surface area (Å²) >= 11 is 5.88. The van der Waals surface area contributed by atoms with Crippen LogP contribution in [0.15, 0.2) is 65.1 Å². The number of rotatable bonds is 4. The van der Waals surface area contributed by atoms with Gasteiger partial charge in [-0.05, 0) is 48.5 Å². The molecule has 3 aromatic rings. The summed E-state index contributed by atoms with van der Waals surface area (Å²) in [7, 11) is 0. The molecule has 3 rings (SSSR count). The fourth-order valence-corrected chi connectivity index (χ4v) is 2.18. The molecule has 0 aliphatic carbocycles. The zero-order valence-corrected chi connectivity index (χ0v) is 11.8. The number of aldehydes is 1. The molecule has 104 valence electrons. The molecule has 0 unspecified atom stereocenters. The normalized spacial score (nSPS) is 10.3. The summed E-state index contributed by atoms with van der Waals surface area (Å²) in [5.41, 5.74) is 2.71. The Balaban J connectivity index is 1.95. The van der Waals surface area contributed by atoms with Crippen molar-refractivity contribution in [2.24, 2.45) is 0 Å². The second-order valence-electron chi connectivity index (χ2n) is 4.50. The first-order chi connectivity index (χ1) is 10.3. The molecule has 0 saturated heterocycles. The maximum Gasteiger partial charge on any atom is 0.185 e. The summed E-state index contributed by atoms with van der Waals surface area (Å²) in [6, 6.07) is 18.6. The molecule has 4 heteroatoms. The van der Waals surface area contributed by atoms with Gasteiger partial charge in [-0.1, -0.05) is 23.7 Å². The van der Waals surface area contributed by atoms with Crippen molar-refractivity contribution in [1.29, 1.82) is 0 Å². The maximum absolute atomic E-state index is 10.7. The number of benzene rings is 2. The van der Waals surface area contributed by atoms with Crippen molar-refractivity contribution in [3.05, 3.63) is 71.4 Å². The zero-order chi connectivity index (χ0) is 14.7. The highest BCUT2D eigenvalue weighted by Crippen LogP contribution is 2.31. The summed E-state index contributed by atoms with van der Waals surface area (Å²) in [6.07, 6.45) is 0.693. The van der Waals surface area contributed by atoms with Gasteiger partial charge in [0.15, 0.2) is 12.0 Å². The zero-order valence-electron chi connectivity index (χ0n) is 11.0. The Kier molecular flexibility index (Phi) is 3.75. The van der Waals surface area contributed by atoms with Crippen molar-refractivity contribution in [3.8, 4) is 11.3 Å². The van der Waals surface area contributed by atoms with Crippen LogP contribution in [0.5, 0.6) is 0 Å². The van der Waals surface area contributed by atoms with Gasteiger partial charge in [0, 0.05) is 22.0 Å². The molecule has 0 atom stereocenters. The summed E-state index contributed by atoms with van der Waals surface area (Å²) in [5, 5.41) is 4.01. The minimum absolute atomic E-state index is 0.311. The van der Waals surface area contributed by atoms with E-state index in [1.54, 1.807) is 12.1 Å². The van der Waals surface area contributed by atoms with Crippen LogP contribution in [0.3, 0.4) is 0 Å². The predicted octanol–water partition coefficient (Wildman–Crippen LogP) is 5.16. The monoisotopic (exact) mass is 297 g/mol. The quantitative estimate of drug-likeness (QED) is 0.677. The fourth-order valence-electron chi connectivity index (χ4n) is 2.06. The Bertz CT molecular complexity index is 762. The standard InChI is InChI=1S/C17H12ClNO2/c18-12-5-7-13(8-6-12)19-16-4-2-1-3-15(16)17-10-9-14(11-20)21-17/h1-11,19H. The molecule has 2 aromatic carbocycles. The molecule has 1 heterocycles. The summed E-state index contributed by atoms with van der Waals surface area (Å²) < 4.78 is 5.49. The van der Waals surface area contributed by atoms with Gasteiger partial charge < -0.3 is 9.73 Å². The molecule has 0 spiro atoms. The van der Waals surface area contributed by atoms with Gasteiger partial charge in [0.25, 0.3) is 0 Å². The van der Waals surface area contributed by atoms with Crippen molar-refractivity contribution in [1.82, 2.24) is 0 Å². The van der Waals surface area contributed by atoms with Crippen LogP contribution in [0, 0.1) is 0 Å². The number of halogens is 1. The lowest BCUT2D eigenvalue weighted by Gasteiger charge is -2.10. The van der Waals surface area contributed by atoms with Crippen molar-refractivity contribution in [2.45, 2.75) is 0 Å². The number of carbonyl (C=O) groups excluding carboxylic acids is 1. The Hall–Kier alpha value is -2.52. The fraction of sp³-hybridized carbons (Fsp3) is 0. The van der Waals surface area contributed by atoms with Gasteiger partial charge in [-0.3, -0.25) is 4.79 Å². The Morgan fingerprint density at radius 1 is 0.952 bits per heavy atom. The van der Waals surface area contributed by atoms with Gasteiger partial charge in [0.05, 0.1) is 0 Å². The Labute approximate surface area is 127 Å². The second kappa shape index (κ2) is 5.85. The topological polar surface area (TPSA) is 42.2 Å². The second-order valence-corrected chi connectivity index (χ2v) is 4.93. The summed E-state index contributed by atoms with van der Waals surface area (Å²) in [5.74, 6) is 0.959. The van der Waals surface area contributed by atoms with Crippen LogP contribution in [0.2, 0.25) is 5.02 Å². The molecule has 0 radical (unpaired) electrons. The molecule has 0 aliphatic heterocycles. The van der Waals surface area contributed by atoms with E-state index in [1.165, 1.54) is 0 Å². The van der Waals surface area contributed by atoms with Gasteiger partial charge in [-0.15, -0.1) is 0 Å². The number of anilines is 2. The molecule has 0 amide bonds. The smallest absolute Gasteiger partial charge is 0.185 e. The summed E-state index contributed by atoms with van der Waals surface area (Å²) in [4.78, 5) is 10.7. The van der Waals surface area contributed by atoms with E-state index in [-0.39, 0.29) is 0 Å². The third kappa shape index (κ3) is 2.98. The lowest BCUT2D eigenvalue weighted by atomic mass is 10.1. The lowest BCUT2D eigenvalue weighted by Crippen LogP contribution is -1.92. The van der Waals surface area contributed by atoms with Gasteiger partial charge in [0.2, 0.25) is 0 Å². The van der Waals surface area contributed by atoms with Crippen molar-refractivity contribution >= 4 is 29.3 Å². The Morgan fingerprint density at radius 2 is 1.71 bits per heavy atom. The van der Waals surface area contributed by atoms with E-state index in [0.29, 0.717) is 22.8 Å². The molecule has 0 bridgehead atoms. The summed E-state index contributed by atoms with van der Waals surface area (Å²) in [6.45, 7) is 0. The largest absolute Gasteiger partial charge is 0.453 e. The lowest BCUT2D eigenvalue weighted by molar-refractivity contribution is 0.110. The first-order valence-corrected chi connectivity index (χ1v) is 6.81. The van der Waals surface area contributed by atoms with E-state index in [4.69, 9.17) is 16.0 Å². The number of furan rings is 1. The highest BCUT2D eigenvalue weighted by molar-refractivity contribution is 6.30. The van der Waals surface area contributed by atoms with Gasteiger partial charge in [-0.25, -0.2) is 0 Å². The van der Waals surface area contributed by atoms with Gasteiger partial charge >= 0.3 is 0 Å². The highest BCUT2D eigenvalue weighted by atomic mass is 35.5. The average molecular weight is 298 g/mol. The highest BCUT2D eigenvalue weighted by Gasteiger charge is 2.09. The van der Waals surface area contributed by atoms with Gasteiger partial charge in [-0.2, -0.15) is 0 Å². The number of hydrogen-bond donors (Lipinski definition) is 1. The molecule has 1 aromatic heterocycles. The molecule has 3 nitrogen and oxygen atoms in total. The van der Waals surface area contributed by atoms with E-state index in [9.17, 15) is 4.79 Å². The first-order valence-electron chi connectivity index (χ1n) is 6.43. The van der Waals surface area contributed by atoms with Crippen LogP contribution >= 0.6 is 11.6 Å². The third-order valence-electron chi connectivity index (χ3n) is 3.06. The van der Waals surface area contributed by atoms with E-state index >= 15 is 0 Å². The molecule has 0 saturated carbocycles. The van der Waals surface area contributed by atoms with Crippen molar-refractivity contribution in [2.75, 3.05) is 5.32 Å². The van der Waals surface area contributed by atoms with Crippen LogP contribution in [0.25, 0.3) is 11.3 Å². The molecule has 0 aliphatic rings. The number of para-hydroxylation sites is 1. The molecule has 21 heavy (non-hydrogen) atoms. The minimum Gasteiger partial charge on any atom is -0.453 e. The van der Waals surface area contributed by atoms with Crippen molar-refractivity contribution in [3.63, 3.8) is 0 Å². The van der Waals surface area contributed by atoms with E-state index in [0.717, 1.165) is 16.9 Å². The SMILES string of the molecule is O=Cc1ccc(-c2ccccc2Nc2ccc(Cl)cc2)o1. The molecule has 1 N–H and O–H groups in total. The number of nitrogens with one attached hydrogen (secondary N) is 1. The number of carbonyl (C=O) groups is 1. The van der Waals surface area contributed by atoms with E-state index < -0.39 is 0 Å². The molecule has 0 fully saturated rings. The van der Waals surface area contributed by atoms with Crippen LogP contribution in [0.4, 0.5) is 11.4 Å². The van der Waals surface area contributed by atoms with Crippen LogP contribution in [-0.2, 0) is 0 Å². The average Bonchev–Trinajstić information content (AvgIpc) is 2.99. The van der Waals surface area contributed by atoms with Gasteiger partial charge in [0.1, 0.15) is 5.76 Å².